The summed E-state index contributed by atoms with van der Waals surface area (Å²) in [4.78, 5) is 4.45. The van der Waals surface area contributed by atoms with Gasteiger partial charge in [-0.2, -0.15) is 0 Å². The fourth-order valence-corrected chi connectivity index (χ4v) is 10.6. The molecular weight excluding hydrogens is 825 g/mol. The lowest BCUT2D eigenvalue weighted by atomic mass is 9.94. The maximum absolute atomic E-state index is 4.45. The van der Waals surface area contributed by atoms with E-state index < -0.39 is 0 Å². The standard InChI is InChI=1S/C64H54N4/c1-5-15-59-53(7-3)55-17-9-12-20-61(55)66(59)50-29-23-44(24-30-50)37-47-40-48(38-45-25-31-51(32-26-45)67-60(16-6-2)54(8-4)56-18-10-13-21-62(56)67)42-49(41-47)39-46-27-33-52(34-28-46)68-63-22-14-11-19-57(63)58-43-65-36-35-64(58)68/h5-7,9-36,40-43H,3,8,37-39H2,1-2,4H3/b15-5-,16-6-. The number of para-hydroxylation sites is 3. The first-order chi connectivity index (χ1) is 33.5. The zero-order valence-electron chi connectivity index (χ0n) is 39.0. The molecule has 0 fully saturated rings. The Morgan fingerprint density at radius 2 is 0.868 bits per heavy atom. The topological polar surface area (TPSA) is 27.7 Å². The Morgan fingerprint density at radius 1 is 0.441 bits per heavy atom. The Morgan fingerprint density at radius 3 is 1.38 bits per heavy atom. The second-order valence-corrected chi connectivity index (χ2v) is 17.9. The van der Waals surface area contributed by atoms with Crippen LogP contribution in [0.2, 0.25) is 0 Å². The summed E-state index contributed by atoms with van der Waals surface area (Å²) in [6, 6.07) is 62.8. The van der Waals surface area contributed by atoms with Gasteiger partial charge in [0, 0.05) is 62.3 Å². The molecule has 4 heterocycles. The summed E-state index contributed by atoms with van der Waals surface area (Å²) in [6.07, 6.45) is 18.0. The largest absolute Gasteiger partial charge is 0.310 e. The fraction of sp³-hybridized carbons (Fsp3) is 0.109. The van der Waals surface area contributed by atoms with Crippen LogP contribution in [0.4, 0.5) is 0 Å². The Balaban J connectivity index is 0.928. The average Bonchev–Trinajstić information content (AvgIpc) is 4.00. The van der Waals surface area contributed by atoms with Gasteiger partial charge in [0.1, 0.15) is 0 Å². The number of nitrogens with zero attached hydrogens (tertiary/aromatic N) is 4. The number of pyridine rings is 1. The van der Waals surface area contributed by atoms with Crippen LogP contribution in [0.3, 0.4) is 0 Å². The molecule has 0 aliphatic carbocycles. The molecule has 0 saturated heterocycles. The van der Waals surface area contributed by atoms with Crippen LogP contribution in [0.5, 0.6) is 0 Å². The molecule has 0 aliphatic rings. The number of benzene rings is 7. The van der Waals surface area contributed by atoms with Gasteiger partial charge in [0.15, 0.2) is 0 Å². The van der Waals surface area contributed by atoms with Crippen LogP contribution in [-0.2, 0) is 25.7 Å². The van der Waals surface area contributed by atoms with Crippen LogP contribution in [0.25, 0.3) is 78.9 Å². The number of hydrogen-bond donors (Lipinski definition) is 0. The Bertz CT molecular complexity index is 3650. The Kier molecular flexibility index (Phi) is 11.4. The minimum atomic E-state index is 0.835. The van der Waals surface area contributed by atoms with Gasteiger partial charge < -0.3 is 13.7 Å². The van der Waals surface area contributed by atoms with Gasteiger partial charge >= 0.3 is 0 Å². The molecule has 0 spiro atoms. The first-order valence-electron chi connectivity index (χ1n) is 23.9. The van der Waals surface area contributed by atoms with Crippen molar-refractivity contribution in [3.63, 3.8) is 0 Å². The third kappa shape index (κ3) is 7.68. The molecule has 0 aliphatic heterocycles. The van der Waals surface area contributed by atoms with Gasteiger partial charge in [-0.3, -0.25) is 4.98 Å². The molecule has 68 heavy (non-hydrogen) atoms. The molecule has 7 aromatic carbocycles. The molecule has 0 bridgehead atoms. The van der Waals surface area contributed by atoms with Crippen LogP contribution in [-0.4, -0.2) is 18.7 Å². The Hall–Kier alpha value is -8.21. The maximum atomic E-state index is 4.45. The highest BCUT2D eigenvalue weighted by Crippen LogP contribution is 2.35. The highest BCUT2D eigenvalue weighted by Gasteiger charge is 2.18. The highest BCUT2D eigenvalue weighted by molar-refractivity contribution is 6.08. The normalized spacial score (nSPS) is 11.9. The van der Waals surface area contributed by atoms with Crippen molar-refractivity contribution in [3.8, 4) is 17.1 Å². The fourth-order valence-electron chi connectivity index (χ4n) is 10.6. The third-order valence-electron chi connectivity index (χ3n) is 13.6. The van der Waals surface area contributed by atoms with E-state index in [0.29, 0.717) is 0 Å². The number of aromatic nitrogens is 4. The second kappa shape index (κ2) is 18.2. The molecule has 11 rings (SSSR count). The van der Waals surface area contributed by atoms with Gasteiger partial charge in [-0.15, -0.1) is 0 Å². The number of allylic oxidation sites excluding steroid dienone is 2. The van der Waals surface area contributed by atoms with Crippen LogP contribution in [0.1, 0.15) is 76.7 Å². The van der Waals surface area contributed by atoms with Crippen molar-refractivity contribution in [2.45, 2.75) is 46.5 Å². The SMILES string of the molecule is C=Cc1c(/C=C\C)n(-c2ccc(Cc3cc(Cc4ccc(-n5c(/C=C\C)c(CC)c6ccccc65)cc4)cc(Cc4ccc(-n5c6ccccc6c6cnccc65)cc4)c3)cc2)c2ccccc12. The van der Waals surface area contributed by atoms with Crippen LogP contribution >= 0.6 is 0 Å². The second-order valence-electron chi connectivity index (χ2n) is 17.9. The van der Waals surface area contributed by atoms with Gasteiger partial charge in [0.25, 0.3) is 0 Å². The third-order valence-corrected chi connectivity index (χ3v) is 13.6. The van der Waals surface area contributed by atoms with Crippen molar-refractivity contribution < 1.29 is 0 Å². The van der Waals surface area contributed by atoms with E-state index in [4.69, 9.17) is 0 Å². The summed E-state index contributed by atoms with van der Waals surface area (Å²) in [5.41, 5.74) is 21.0. The van der Waals surface area contributed by atoms with E-state index in [2.05, 4.69) is 240 Å². The molecule has 0 amide bonds. The first-order valence-corrected chi connectivity index (χ1v) is 23.9. The van der Waals surface area contributed by atoms with Crippen molar-refractivity contribution in [2.75, 3.05) is 0 Å². The quantitative estimate of drug-likeness (QED) is 0.113. The summed E-state index contributed by atoms with van der Waals surface area (Å²) < 4.78 is 7.13. The van der Waals surface area contributed by atoms with Crippen LogP contribution < -0.4 is 0 Å². The van der Waals surface area contributed by atoms with Gasteiger partial charge in [-0.1, -0.05) is 141 Å². The number of rotatable bonds is 13. The number of hydrogen-bond acceptors (Lipinski definition) is 1. The predicted molar refractivity (Wildman–Crippen MR) is 289 cm³/mol. The van der Waals surface area contributed by atoms with E-state index in [1.54, 1.807) is 0 Å². The summed E-state index contributed by atoms with van der Waals surface area (Å²) in [5, 5.41) is 4.92. The van der Waals surface area contributed by atoms with Crippen molar-refractivity contribution in [2.24, 2.45) is 0 Å². The maximum Gasteiger partial charge on any atom is 0.0571 e. The molecule has 0 radical (unpaired) electrons. The van der Waals surface area contributed by atoms with E-state index in [0.717, 1.165) is 48.3 Å². The molecule has 330 valence electrons. The van der Waals surface area contributed by atoms with Crippen molar-refractivity contribution in [1.82, 2.24) is 18.7 Å². The molecular formula is C64H54N4. The van der Waals surface area contributed by atoms with Gasteiger partial charge in [-0.25, -0.2) is 0 Å². The van der Waals surface area contributed by atoms with Crippen molar-refractivity contribution in [1.29, 1.82) is 0 Å². The van der Waals surface area contributed by atoms with Crippen LogP contribution in [0, 0.1) is 0 Å². The Labute approximate surface area is 399 Å². The van der Waals surface area contributed by atoms with E-state index in [-0.39, 0.29) is 0 Å². The minimum absolute atomic E-state index is 0.835. The first kappa shape index (κ1) is 42.4. The summed E-state index contributed by atoms with van der Waals surface area (Å²) in [7, 11) is 0. The van der Waals surface area contributed by atoms with E-state index in [1.807, 2.05) is 18.5 Å². The monoisotopic (exact) mass is 878 g/mol. The van der Waals surface area contributed by atoms with Gasteiger partial charge in [0.2, 0.25) is 0 Å². The lowest BCUT2D eigenvalue weighted by Gasteiger charge is -2.14. The molecule has 0 unspecified atom stereocenters. The zero-order chi connectivity index (χ0) is 46.1. The van der Waals surface area contributed by atoms with E-state index >= 15 is 0 Å². The highest BCUT2D eigenvalue weighted by atomic mass is 15.0. The molecule has 4 aromatic heterocycles. The number of aryl methyl sites for hydroxylation is 1. The predicted octanol–water partition coefficient (Wildman–Crippen LogP) is 16.1. The molecule has 4 nitrogen and oxygen atoms in total. The van der Waals surface area contributed by atoms with Gasteiger partial charge in [0.05, 0.1) is 27.8 Å². The van der Waals surface area contributed by atoms with Crippen LogP contribution in [0.15, 0.2) is 201 Å². The summed E-state index contributed by atoms with van der Waals surface area (Å²) in [6.45, 7) is 10.6. The van der Waals surface area contributed by atoms with E-state index in [1.165, 1.54) is 93.9 Å². The number of fused-ring (bicyclic) bond motifs is 5. The van der Waals surface area contributed by atoms with Crippen molar-refractivity contribution >= 4 is 61.8 Å². The average molecular weight is 879 g/mol. The van der Waals surface area contributed by atoms with Crippen molar-refractivity contribution in [3.05, 3.63) is 257 Å². The molecule has 11 aromatic rings. The summed E-state index contributed by atoms with van der Waals surface area (Å²) in [5.74, 6) is 0. The van der Waals surface area contributed by atoms with E-state index in [9.17, 15) is 0 Å². The molecule has 0 atom stereocenters. The molecule has 0 N–H and O–H groups in total. The van der Waals surface area contributed by atoms with Gasteiger partial charge in [-0.05, 0) is 151 Å². The lowest BCUT2D eigenvalue weighted by molar-refractivity contribution is 1.05. The lowest BCUT2D eigenvalue weighted by Crippen LogP contribution is -2.00. The molecule has 0 saturated carbocycles. The molecule has 4 heteroatoms. The zero-order valence-corrected chi connectivity index (χ0v) is 39.0. The minimum Gasteiger partial charge on any atom is -0.310 e. The smallest absolute Gasteiger partial charge is 0.0571 e. The summed E-state index contributed by atoms with van der Waals surface area (Å²) >= 11 is 0.